The van der Waals surface area contributed by atoms with E-state index in [0.29, 0.717) is 68.3 Å². The molecule has 0 spiro atoms. The second-order valence-electron chi connectivity index (χ2n) is 9.03. The first-order valence-corrected chi connectivity index (χ1v) is 13.5. The third-order valence-corrected chi connectivity index (χ3v) is 8.90. The standard InChI is InChI=1S/C23H30ClFN4O4S/c1-16(2)34(31,32)28-12-10-27(11-13-28)21-15-26-29(19-5-3-4-17(24)14-19)23(30)22(21)33-20-8-6-18(25)7-9-20/h3-5,14-16,18,20H,6-13H2,1-2H3. The summed E-state index contributed by atoms with van der Waals surface area (Å²) in [5, 5.41) is 4.34. The van der Waals surface area contributed by atoms with E-state index in [0.717, 1.165) is 0 Å². The minimum Gasteiger partial charge on any atom is -0.483 e. The predicted molar refractivity (Wildman–Crippen MR) is 130 cm³/mol. The monoisotopic (exact) mass is 512 g/mol. The summed E-state index contributed by atoms with van der Waals surface area (Å²) in [6.45, 7) is 4.76. The number of sulfonamides is 1. The summed E-state index contributed by atoms with van der Waals surface area (Å²) in [7, 11) is -3.35. The van der Waals surface area contributed by atoms with E-state index in [4.69, 9.17) is 16.3 Å². The lowest BCUT2D eigenvalue weighted by molar-refractivity contribution is 0.112. The minimum absolute atomic E-state index is 0.150. The molecule has 1 saturated carbocycles. The predicted octanol–water partition coefficient (Wildman–Crippen LogP) is 3.41. The van der Waals surface area contributed by atoms with Crippen molar-refractivity contribution in [1.29, 1.82) is 0 Å². The topological polar surface area (TPSA) is 84.7 Å². The van der Waals surface area contributed by atoms with E-state index >= 15 is 0 Å². The summed E-state index contributed by atoms with van der Waals surface area (Å²) in [6.07, 6.45) is 2.33. The summed E-state index contributed by atoms with van der Waals surface area (Å²) in [5.41, 5.74) is 0.598. The van der Waals surface area contributed by atoms with Gasteiger partial charge in [-0.2, -0.15) is 14.1 Å². The smallest absolute Gasteiger partial charge is 0.316 e. The molecule has 8 nitrogen and oxygen atoms in total. The van der Waals surface area contributed by atoms with Crippen LogP contribution in [-0.4, -0.2) is 66.2 Å². The van der Waals surface area contributed by atoms with E-state index in [-0.39, 0.29) is 11.9 Å². The van der Waals surface area contributed by atoms with Crippen molar-refractivity contribution in [2.24, 2.45) is 0 Å². The summed E-state index contributed by atoms with van der Waals surface area (Å²) < 4.78 is 47.7. The molecule has 2 aliphatic rings. The van der Waals surface area contributed by atoms with Gasteiger partial charge in [-0.3, -0.25) is 4.79 Å². The molecule has 1 aliphatic heterocycles. The molecule has 11 heteroatoms. The maximum Gasteiger partial charge on any atom is 0.316 e. The Morgan fingerprint density at radius 2 is 1.79 bits per heavy atom. The van der Waals surface area contributed by atoms with Crippen LogP contribution in [0.15, 0.2) is 35.3 Å². The Hall–Kier alpha value is -2.17. The number of hydrogen-bond acceptors (Lipinski definition) is 6. The molecule has 0 amide bonds. The highest BCUT2D eigenvalue weighted by Crippen LogP contribution is 2.31. The molecular weight excluding hydrogens is 483 g/mol. The van der Waals surface area contributed by atoms with Crippen LogP contribution in [0.3, 0.4) is 0 Å². The highest BCUT2D eigenvalue weighted by atomic mass is 35.5. The number of alkyl halides is 1. The first-order valence-electron chi connectivity index (χ1n) is 11.6. The van der Waals surface area contributed by atoms with E-state index in [9.17, 15) is 17.6 Å². The molecule has 2 aromatic rings. The summed E-state index contributed by atoms with van der Waals surface area (Å²) in [4.78, 5) is 15.5. The zero-order valence-corrected chi connectivity index (χ0v) is 20.9. The number of nitrogens with zero attached hydrogens (tertiary/aromatic N) is 4. The average Bonchev–Trinajstić information content (AvgIpc) is 2.81. The Kier molecular flexibility index (Phi) is 7.49. The first-order chi connectivity index (χ1) is 16.2. The summed E-state index contributed by atoms with van der Waals surface area (Å²) in [6, 6.07) is 6.82. The second kappa shape index (κ2) is 10.2. The van der Waals surface area contributed by atoms with E-state index in [1.807, 2.05) is 4.90 Å². The Morgan fingerprint density at radius 1 is 1.12 bits per heavy atom. The van der Waals surface area contributed by atoms with Gasteiger partial charge in [0.2, 0.25) is 15.8 Å². The lowest BCUT2D eigenvalue weighted by Gasteiger charge is -2.37. The fourth-order valence-corrected chi connectivity index (χ4v) is 5.80. The minimum atomic E-state index is -3.35. The van der Waals surface area contributed by atoms with Gasteiger partial charge in [0.05, 0.1) is 23.2 Å². The van der Waals surface area contributed by atoms with E-state index in [1.165, 1.54) is 8.99 Å². The van der Waals surface area contributed by atoms with Crippen molar-refractivity contribution >= 4 is 27.3 Å². The van der Waals surface area contributed by atoms with Crippen LogP contribution in [-0.2, 0) is 10.0 Å². The number of rotatable bonds is 6. The van der Waals surface area contributed by atoms with Gasteiger partial charge in [0.15, 0.2) is 0 Å². The molecule has 186 valence electrons. The van der Waals surface area contributed by atoms with Gasteiger partial charge in [-0.15, -0.1) is 0 Å². The van der Waals surface area contributed by atoms with Crippen molar-refractivity contribution < 1.29 is 17.5 Å². The van der Waals surface area contributed by atoms with Gasteiger partial charge < -0.3 is 9.64 Å². The van der Waals surface area contributed by atoms with Crippen molar-refractivity contribution in [2.75, 3.05) is 31.1 Å². The van der Waals surface area contributed by atoms with Crippen LogP contribution in [0, 0.1) is 0 Å². The third kappa shape index (κ3) is 5.23. The van der Waals surface area contributed by atoms with Gasteiger partial charge in [-0.1, -0.05) is 17.7 Å². The first kappa shape index (κ1) is 24.9. The Bertz CT molecular complexity index is 1170. The molecule has 0 radical (unpaired) electrons. The molecule has 1 saturated heterocycles. The van der Waals surface area contributed by atoms with Crippen molar-refractivity contribution in [1.82, 2.24) is 14.1 Å². The molecule has 2 heterocycles. The number of benzene rings is 1. The van der Waals surface area contributed by atoms with Gasteiger partial charge in [0.25, 0.3) is 0 Å². The van der Waals surface area contributed by atoms with Crippen LogP contribution < -0.4 is 15.2 Å². The SMILES string of the molecule is CC(C)S(=O)(=O)N1CCN(c2cnn(-c3cccc(Cl)c3)c(=O)c2OC2CCC(F)CC2)CC1. The number of piperazine rings is 1. The van der Waals surface area contributed by atoms with Crippen LogP contribution in [0.5, 0.6) is 5.75 Å². The number of hydrogen-bond donors (Lipinski definition) is 0. The molecule has 0 N–H and O–H groups in total. The van der Waals surface area contributed by atoms with Gasteiger partial charge in [0, 0.05) is 31.2 Å². The van der Waals surface area contributed by atoms with Crippen LogP contribution in [0.25, 0.3) is 5.69 Å². The number of anilines is 1. The highest BCUT2D eigenvalue weighted by molar-refractivity contribution is 7.89. The normalized spacial score (nSPS) is 22.2. The molecule has 1 aromatic heterocycles. The molecule has 0 bridgehead atoms. The van der Waals surface area contributed by atoms with Crippen molar-refractivity contribution in [3.63, 3.8) is 0 Å². The van der Waals surface area contributed by atoms with E-state index in [1.54, 1.807) is 44.3 Å². The Morgan fingerprint density at radius 3 is 2.41 bits per heavy atom. The maximum atomic E-state index is 13.7. The lowest BCUT2D eigenvalue weighted by Crippen LogP contribution is -2.50. The van der Waals surface area contributed by atoms with Crippen LogP contribution >= 0.6 is 11.6 Å². The molecule has 0 atom stereocenters. The molecule has 0 unspecified atom stereocenters. The molecule has 1 aromatic carbocycles. The van der Waals surface area contributed by atoms with Gasteiger partial charge in [0.1, 0.15) is 11.9 Å². The highest BCUT2D eigenvalue weighted by Gasteiger charge is 2.32. The second-order valence-corrected chi connectivity index (χ2v) is 12.0. The fourth-order valence-electron chi connectivity index (χ4n) is 4.35. The fraction of sp³-hybridized carbons (Fsp3) is 0.565. The van der Waals surface area contributed by atoms with Crippen molar-refractivity contribution in [2.45, 2.75) is 57.1 Å². The Labute approximate surface area is 204 Å². The molecule has 1 aliphatic carbocycles. The summed E-state index contributed by atoms with van der Waals surface area (Å²) in [5.74, 6) is 0.150. The van der Waals surface area contributed by atoms with E-state index < -0.39 is 27.0 Å². The van der Waals surface area contributed by atoms with Crippen molar-refractivity contribution in [3.05, 3.63) is 45.8 Å². The van der Waals surface area contributed by atoms with Crippen molar-refractivity contribution in [3.8, 4) is 11.4 Å². The van der Waals surface area contributed by atoms with Gasteiger partial charge in [-0.25, -0.2) is 12.8 Å². The molecular formula is C23H30ClFN4O4S. The number of ether oxygens (including phenoxy) is 1. The largest absolute Gasteiger partial charge is 0.483 e. The average molecular weight is 513 g/mol. The zero-order chi connectivity index (χ0) is 24.5. The van der Waals surface area contributed by atoms with Crippen LogP contribution in [0.4, 0.5) is 10.1 Å². The molecule has 2 fully saturated rings. The van der Waals surface area contributed by atoms with E-state index in [2.05, 4.69) is 5.10 Å². The maximum absolute atomic E-state index is 13.7. The van der Waals surface area contributed by atoms with Crippen LogP contribution in [0.2, 0.25) is 5.02 Å². The zero-order valence-electron chi connectivity index (χ0n) is 19.4. The lowest BCUT2D eigenvalue weighted by atomic mass is 9.96. The summed E-state index contributed by atoms with van der Waals surface area (Å²) >= 11 is 6.11. The third-order valence-electron chi connectivity index (χ3n) is 6.39. The van der Waals surface area contributed by atoms with Gasteiger partial charge >= 0.3 is 5.56 Å². The number of aromatic nitrogens is 2. The van der Waals surface area contributed by atoms with Gasteiger partial charge in [-0.05, 0) is 57.7 Å². The quantitative estimate of drug-likeness (QED) is 0.589. The molecule has 4 rings (SSSR count). The van der Waals surface area contributed by atoms with Crippen LogP contribution in [0.1, 0.15) is 39.5 Å². The molecule has 34 heavy (non-hydrogen) atoms. The number of halogens is 2. The Balaban J connectivity index is 1.65.